The van der Waals surface area contributed by atoms with E-state index in [1.165, 1.54) is 4.57 Å². The first-order chi connectivity index (χ1) is 13.8. The summed E-state index contributed by atoms with van der Waals surface area (Å²) in [7, 11) is -3.18. The molecule has 0 bridgehead atoms. The van der Waals surface area contributed by atoms with Crippen molar-refractivity contribution < 1.29 is 13.2 Å². The summed E-state index contributed by atoms with van der Waals surface area (Å²) in [5.41, 5.74) is -0.934. The molecule has 1 aromatic heterocycles. The van der Waals surface area contributed by atoms with Crippen molar-refractivity contribution in [1.82, 2.24) is 14.0 Å². The lowest BCUT2D eigenvalue weighted by Gasteiger charge is -2.34. The van der Waals surface area contributed by atoms with Gasteiger partial charge in [0.2, 0.25) is 5.91 Å². The average molecular weight is 420 g/mol. The fraction of sp³-hybridized carbons (Fsp3) is 0.684. The summed E-state index contributed by atoms with van der Waals surface area (Å²) in [4.78, 5) is 40.4. The molecule has 156 valence electrons. The Morgan fingerprint density at radius 1 is 1.14 bits per heavy atom. The summed E-state index contributed by atoms with van der Waals surface area (Å²) in [5, 5.41) is 9.40. The van der Waals surface area contributed by atoms with Crippen LogP contribution >= 0.6 is 0 Å². The van der Waals surface area contributed by atoms with Crippen LogP contribution in [0.25, 0.3) is 0 Å². The van der Waals surface area contributed by atoms with Gasteiger partial charge in [-0.1, -0.05) is 12.8 Å². The van der Waals surface area contributed by atoms with E-state index in [1.807, 2.05) is 6.07 Å². The number of nitrogens with zero attached hydrogens (tertiary/aromatic N) is 4. The highest BCUT2D eigenvalue weighted by molar-refractivity contribution is 7.91. The highest BCUT2D eigenvalue weighted by Crippen LogP contribution is 2.29. The van der Waals surface area contributed by atoms with Crippen LogP contribution in [0.2, 0.25) is 0 Å². The molecule has 2 fully saturated rings. The lowest BCUT2D eigenvalue weighted by molar-refractivity contribution is -0.136. The SMILES string of the molecule is N#Cc1c2n(c(=O)n(CC(=O)N(C3CCCC3)[C@H]3CCS(=O)(=O)C3)c1=O)CCC2. The Labute approximate surface area is 168 Å². The molecule has 3 heterocycles. The van der Waals surface area contributed by atoms with Gasteiger partial charge in [-0.05, 0) is 32.1 Å². The van der Waals surface area contributed by atoms with Crippen molar-refractivity contribution >= 4 is 15.7 Å². The molecule has 29 heavy (non-hydrogen) atoms. The molecule has 0 aromatic carbocycles. The fourth-order valence-electron chi connectivity index (χ4n) is 4.99. The summed E-state index contributed by atoms with van der Waals surface area (Å²) < 4.78 is 26.2. The smallest absolute Gasteiger partial charge is 0.331 e. The highest BCUT2D eigenvalue weighted by atomic mass is 32.2. The molecule has 0 spiro atoms. The Bertz CT molecular complexity index is 1110. The number of hydrogen-bond acceptors (Lipinski definition) is 6. The minimum Gasteiger partial charge on any atom is -0.334 e. The Hall–Kier alpha value is -2.41. The Kier molecular flexibility index (Phi) is 5.11. The first-order valence-corrected chi connectivity index (χ1v) is 11.9. The average Bonchev–Trinajstić information content (AvgIpc) is 3.41. The van der Waals surface area contributed by atoms with E-state index in [0.717, 1.165) is 30.3 Å². The van der Waals surface area contributed by atoms with Gasteiger partial charge in [0.25, 0.3) is 5.56 Å². The normalized spacial score (nSPS) is 23.1. The zero-order valence-electron chi connectivity index (χ0n) is 16.2. The van der Waals surface area contributed by atoms with Gasteiger partial charge in [0, 0.05) is 24.3 Å². The number of amides is 1. The topological polar surface area (TPSA) is 122 Å². The number of fused-ring (bicyclic) bond motifs is 1. The van der Waals surface area contributed by atoms with Gasteiger partial charge in [-0.25, -0.2) is 17.8 Å². The molecule has 1 atom stereocenters. The van der Waals surface area contributed by atoms with Gasteiger partial charge in [0.15, 0.2) is 9.84 Å². The van der Waals surface area contributed by atoms with Crippen molar-refractivity contribution in [3.05, 3.63) is 32.1 Å². The van der Waals surface area contributed by atoms with E-state index in [9.17, 15) is 28.1 Å². The van der Waals surface area contributed by atoms with Crippen molar-refractivity contribution in [2.45, 2.75) is 70.1 Å². The number of hydrogen-bond donors (Lipinski definition) is 0. The minimum atomic E-state index is -3.18. The van der Waals surface area contributed by atoms with Gasteiger partial charge >= 0.3 is 5.69 Å². The predicted molar refractivity (Wildman–Crippen MR) is 104 cm³/mol. The van der Waals surface area contributed by atoms with E-state index in [-0.39, 0.29) is 23.1 Å². The number of carbonyl (C=O) groups is 1. The van der Waals surface area contributed by atoms with Crippen LogP contribution in [-0.2, 0) is 34.1 Å². The Morgan fingerprint density at radius 2 is 1.86 bits per heavy atom. The van der Waals surface area contributed by atoms with Crippen molar-refractivity contribution in [3.8, 4) is 6.07 Å². The molecule has 10 heteroatoms. The molecule has 3 aliphatic rings. The van der Waals surface area contributed by atoms with E-state index < -0.39 is 39.6 Å². The maximum absolute atomic E-state index is 13.2. The van der Waals surface area contributed by atoms with Crippen LogP contribution in [0.3, 0.4) is 0 Å². The molecule has 9 nitrogen and oxygen atoms in total. The monoisotopic (exact) mass is 420 g/mol. The molecular formula is C19H24N4O5S. The van der Waals surface area contributed by atoms with Gasteiger partial charge in [0.05, 0.1) is 11.5 Å². The van der Waals surface area contributed by atoms with E-state index in [4.69, 9.17) is 0 Å². The first kappa shape index (κ1) is 19.9. The molecule has 1 saturated heterocycles. The Balaban J connectivity index is 1.69. The van der Waals surface area contributed by atoms with Crippen LogP contribution in [0, 0.1) is 11.3 Å². The van der Waals surface area contributed by atoms with Crippen LogP contribution in [-0.4, -0.2) is 51.9 Å². The van der Waals surface area contributed by atoms with Gasteiger partial charge in [-0.2, -0.15) is 5.26 Å². The number of carbonyl (C=O) groups excluding carboxylic acids is 1. The number of nitriles is 1. The second-order valence-electron chi connectivity index (χ2n) is 8.16. The summed E-state index contributed by atoms with van der Waals surface area (Å²) in [6, 6.07) is 1.41. The third-order valence-electron chi connectivity index (χ3n) is 6.34. The third-order valence-corrected chi connectivity index (χ3v) is 8.09. The molecule has 0 radical (unpaired) electrons. The molecule has 1 aromatic rings. The molecule has 0 unspecified atom stereocenters. The van der Waals surface area contributed by atoms with Gasteiger partial charge in [0.1, 0.15) is 18.2 Å². The van der Waals surface area contributed by atoms with Crippen LogP contribution in [0.5, 0.6) is 0 Å². The quantitative estimate of drug-likeness (QED) is 0.664. The number of rotatable bonds is 4. The molecule has 2 aliphatic heterocycles. The second-order valence-corrected chi connectivity index (χ2v) is 10.4. The molecule has 0 N–H and O–H groups in total. The van der Waals surface area contributed by atoms with E-state index >= 15 is 0 Å². The van der Waals surface area contributed by atoms with Crippen molar-refractivity contribution in [2.24, 2.45) is 0 Å². The minimum absolute atomic E-state index is 0.0498. The van der Waals surface area contributed by atoms with Gasteiger partial charge < -0.3 is 4.90 Å². The third kappa shape index (κ3) is 3.52. The number of sulfone groups is 1. The first-order valence-electron chi connectivity index (χ1n) is 10.1. The lowest BCUT2D eigenvalue weighted by atomic mass is 10.1. The summed E-state index contributed by atoms with van der Waals surface area (Å²) in [5.74, 6) is -0.439. The zero-order valence-corrected chi connectivity index (χ0v) is 17.0. The molecule has 1 amide bonds. The van der Waals surface area contributed by atoms with Gasteiger partial charge in [-0.15, -0.1) is 0 Å². The van der Waals surface area contributed by atoms with Crippen molar-refractivity contribution in [2.75, 3.05) is 11.5 Å². The van der Waals surface area contributed by atoms with Crippen LogP contribution in [0.4, 0.5) is 0 Å². The predicted octanol–water partition coefficient (Wildman–Crippen LogP) is -0.214. The fourth-order valence-corrected chi connectivity index (χ4v) is 6.70. The van der Waals surface area contributed by atoms with Crippen LogP contribution < -0.4 is 11.2 Å². The van der Waals surface area contributed by atoms with Crippen LogP contribution in [0.15, 0.2) is 9.59 Å². The van der Waals surface area contributed by atoms with E-state index in [2.05, 4.69) is 0 Å². The molecule has 1 aliphatic carbocycles. The van der Waals surface area contributed by atoms with Crippen LogP contribution in [0.1, 0.15) is 49.8 Å². The zero-order chi connectivity index (χ0) is 20.8. The van der Waals surface area contributed by atoms with E-state index in [1.54, 1.807) is 4.90 Å². The molecule has 1 saturated carbocycles. The van der Waals surface area contributed by atoms with Crippen molar-refractivity contribution in [3.63, 3.8) is 0 Å². The standard InChI is InChI=1S/C19H24N4O5S/c20-10-15-16-6-3-8-21(16)19(26)22(18(15)25)11-17(24)23(13-4-1-2-5-13)14-7-9-29(27,28)12-14/h13-14H,1-9,11-12H2/t14-/m0/s1. The second kappa shape index (κ2) is 7.44. The maximum atomic E-state index is 13.2. The Morgan fingerprint density at radius 3 is 2.48 bits per heavy atom. The maximum Gasteiger partial charge on any atom is 0.331 e. The van der Waals surface area contributed by atoms with Gasteiger partial charge in [-0.3, -0.25) is 14.2 Å². The summed E-state index contributed by atoms with van der Waals surface area (Å²) in [6.07, 6.45) is 5.08. The highest BCUT2D eigenvalue weighted by Gasteiger charge is 2.39. The molecule has 4 rings (SSSR count). The molecular weight excluding hydrogens is 396 g/mol. The summed E-state index contributed by atoms with van der Waals surface area (Å²) in [6.45, 7) is -0.0375. The summed E-state index contributed by atoms with van der Waals surface area (Å²) >= 11 is 0. The van der Waals surface area contributed by atoms with Crippen molar-refractivity contribution in [1.29, 1.82) is 5.26 Å². The van der Waals surface area contributed by atoms with E-state index in [0.29, 0.717) is 31.5 Å². The lowest BCUT2D eigenvalue weighted by Crippen LogP contribution is -2.51. The largest absolute Gasteiger partial charge is 0.334 e. The number of aromatic nitrogens is 2.